The molecule has 0 aromatic heterocycles. The minimum Gasteiger partial charge on any atom is -0.508 e. The van der Waals surface area contributed by atoms with E-state index in [0.717, 1.165) is 31.7 Å². The third-order valence-electron chi connectivity index (χ3n) is 7.76. The van der Waals surface area contributed by atoms with Crippen molar-refractivity contribution in [3.63, 3.8) is 0 Å². The molecule has 0 bridgehead atoms. The molecule has 4 rings (SSSR count). The number of fused-ring (bicyclic) bond motifs is 3. The largest absolute Gasteiger partial charge is 0.508 e. The van der Waals surface area contributed by atoms with Crippen LogP contribution in [0.3, 0.4) is 0 Å². The van der Waals surface area contributed by atoms with Crippen molar-refractivity contribution in [2.24, 2.45) is 17.6 Å². The number of anilines is 1. The van der Waals surface area contributed by atoms with E-state index in [1.165, 1.54) is 11.0 Å². The lowest BCUT2D eigenvalue weighted by Gasteiger charge is -2.50. The van der Waals surface area contributed by atoms with Gasteiger partial charge in [-0.3, -0.25) is 19.3 Å². The second kappa shape index (κ2) is 12.0. The number of benzene rings is 1. The Labute approximate surface area is 234 Å². The number of nitrogens with zero attached hydrogens (tertiary/aromatic N) is 2. The number of phenols is 1. The molecule has 0 spiro atoms. The number of hydrogen-bond acceptors (Lipinski definition) is 10. The molecule has 11 nitrogen and oxygen atoms in total. The number of hydrogen-bond donors (Lipinski definition) is 5. The summed E-state index contributed by atoms with van der Waals surface area (Å²) < 4.78 is 5.13. The summed E-state index contributed by atoms with van der Waals surface area (Å²) in [6.07, 6.45) is 2.60. The van der Waals surface area contributed by atoms with Crippen molar-refractivity contribution in [3.05, 3.63) is 40.2 Å². The first-order valence-electron chi connectivity index (χ1n) is 13.5. The van der Waals surface area contributed by atoms with Crippen molar-refractivity contribution in [2.45, 2.75) is 51.2 Å². The van der Waals surface area contributed by atoms with E-state index >= 15 is 0 Å². The van der Waals surface area contributed by atoms with Gasteiger partial charge in [-0.15, -0.1) is 0 Å². The highest BCUT2D eigenvalue weighted by Gasteiger charge is 2.64. The minimum atomic E-state index is -2.63. The van der Waals surface area contributed by atoms with Crippen LogP contribution >= 0.6 is 0 Å². The molecule has 0 unspecified atom stereocenters. The summed E-state index contributed by atoms with van der Waals surface area (Å²) in [4.78, 5) is 42.0. The monoisotopic (exact) mass is 559 g/mol. The number of ketones is 2. The average molecular weight is 560 g/mol. The lowest BCUT2D eigenvalue weighted by atomic mass is 9.57. The zero-order valence-electron chi connectivity index (χ0n) is 24.0. The molecule has 3 aliphatic rings. The number of primary amides is 1. The van der Waals surface area contributed by atoms with Crippen molar-refractivity contribution in [1.29, 1.82) is 0 Å². The Hall–Kier alpha value is -3.41. The summed E-state index contributed by atoms with van der Waals surface area (Å²) >= 11 is 0. The van der Waals surface area contributed by atoms with E-state index in [1.54, 1.807) is 20.2 Å². The lowest BCUT2D eigenvalue weighted by Crippen LogP contribution is -2.65. The molecule has 0 heterocycles. The molecule has 1 aromatic rings. The highest BCUT2D eigenvalue weighted by Crippen LogP contribution is 2.53. The van der Waals surface area contributed by atoms with Crippen LogP contribution in [-0.4, -0.2) is 95.8 Å². The summed E-state index contributed by atoms with van der Waals surface area (Å²) in [5.41, 5.74) is 3.15. The Morgan fingerprint density at radius 2 is 1.68 bits per heavy atom. The van der Waals surface area contributed by atoms with Crippen molar-refractivity contribution in [1.82, 2.24) is 4.90 Å². The maximum atomic E-state index is 13.7. The van der Waals surface area contributed by atoms with Gasteiger partial charge in [0.2, 0.25) is 5.78 Å². The van der Waals surface area contributed by atoms with E-state index < -0.39 is 58.0 Å². The van der Waals surface area contributed by atoms with Crippen molar-refractivity contribution >= 4 is 28.9 Å². The molecule has 11 heteroatoms. The van der Waals surface area contributed by atoms with Gasteiger partial charge >= 0.3 is 0 Å². The fourth-order valence-electron chi connectivity index (χ4n) is 6.04. The number of carbonyl (C=O) groups is 3. The molecule has 0 aliphatic heterocycles. The highest BCUT2D eigenvalue weighted by atomic mass is 16.5. The maximum absolute atomic E-state index is 13.7. The quantitative estimate of drug-likeness (QED) is 0.245. The molecule has 220 valence electrons. The minimum absolute atomic E-state index is 0.0638. The molecule has 40 heavy (non-hydrogen) atoms. The van der Waals surface area contributed by atoms with E-state index in [-0.39, 0.29) is 29.7 Å². The molecule has 0 radical (unpaired) electrons. The summed E-state index contributed by atoms with van der Waals surface area (Å²) in [6.45, 7) is 6.09. The molecule has 6 N–H and O–H groups in total. The molecule has 1 aromatic carbocycles. The molecular formula is C29H41N3O8. The van der Waals surface area contributed by atoms with Crippen LogP contribution in [0, 0.1) is 11.8 Å². The molecule has 4 atom stereocenters. The van der Waals surface area contributed by atoms with Gasteiger partial charge in [-0.05, 0) is 63.4 Å². The first kappa shape index (κ1) is 31.1. The van der Waals surface area contributed by atoms with E-state index in [9.17, 15) is 34.8 Å². The van der Waals surface area contributed by atoms with Crippen molar-refractivity contribution < 1.29 is 39.5 Å². The number of carbonyl (C=O) groups excluding carboxylic acids is 3. The highest BCUT2D eigenvalue weighted by molar-refractivity contribution is 6.24. The molecule has 0 saturated heterocycles. The number of likely N-dealkylation sites (N-methyl/N-ethyl adjacent to an activating group) is 1. The van der Waals surface area contributed by atoms with E-state index in [4.69, 9.17) is 10.5 Å². The fraction of sp³-hybridized carbons (Fsp3) is 0.552. The number of aromatic hydroxyl groups is 1. The second-order valence-corrected chi connectivity index (χ2v) is 10.9. The van der Waals surface area contributed by atoms with Crippen molar-refractivity contribution in [3.8, 4) is 5.75 Å². The summed E-state index contributed by atoms with van der Waals surface area (Å²) in [5.74, 6) is -6.54. The normalized spacial score (nSPS) is 25.6. The Morgan fingerprint density at radius 3 is 2.17 bits per heavy atom. The van der Waals surface area contributed by atoms with Crippen molar-refractivity contribution in [2.75, 3.05) is 46.3 Å². The van der Waals surface area contributed by atoms with E-state index in [1.807, 2.05) is 19.0 Å². The number of phenolic OH excluding ortho intramolecular Hbond substituents is 1. The predicted molar refractivity (Wildman–Crippen MR) is 150 cm³/mol. The van der Waals surface area contributed by atoms with Crippen LogP contribution in [0.15, 0.2) is 29.0 Å². The zero-order chi connectivity index (χ0) is 30.1. The van der Waals surface area contributed by atoms with Crippen LogP contribution in [0.2, 0.25) is 0 Å². The Morgan fingerprint density at radius 1 is 1.07 bits per heavy atom. The molecular weight excluding hydrogens is 518 g/mol. The number of aliphatic hydroxyl groups excluding tert-OH is 2. The third kappa shape index (κ3) is 5.09. The Kier molecular flexibility index (Phi) is 9.33. The van der Waals surface area contributed by atoms with Crippen LogP contribution in [-0.2, 0) is 25.5 Å². The third-order valence-corrected chi connectivity index (χ3v) is 7.76. The van der Waals surface area contributed by atoms with E-state index in [2.05, 4.69) is 13.8 Å². The number of rotatable bonds is 7. The molecule has 1 amide bonds. The Bertz CT molecular complexity index is 1250. The Balaban J connectivity index is 0.000000559. The van der Waals surface area contributed by atoms with Gasteiger partial charge in [0.05, 0.1) is 11.6 Å². The molecule has 1 saturated carbocycles. The smallest absolute Gasteiger partial charge is 0.255 e. The SMILES string of the molecule is CCCOCCC.CN(C)c1ccc(O)c2c1C[C@H]1C[C@H]3[C@H](N(C)C)C(=O)C(C(N)=O)=C(O)[C@@]3(O)C(=O)C1=C2O. The average Bonchev–Trinajstić information content (AvgIpc) is 2.86. The van der Waals surface area contributed by atoms with E-state index in [0.29, 0.717) is 5.56 Å². The summed E-state index contributed by atoms with van der Waals surface area (Å²) in [6, 6.07) is 2.01. The second-order valence-electron chi connectivity index (χ2n) is 10.9. The van der Waals surface area contributed by atoms with Gasteiger partial charge in [-0.2, -0.15) is 0 Å². The number of nitrogens with two attached hydrogens (primary N) is 1. The van der Waals surface area contributed by atoms with Gasteiger partial charge in [-0.25, -0.2) is 0 Å². The van der Waals surface area contributed by atoms with Crippen LogP contribution in [0.25, 0.3) is 5.76 Å². The first-order chi connectivity index (χ1) is 18.7. The maximum Gasteiger partial charge on any atom is 0.255 e. The first-order valence-corrected chi connectivity index (χ1v) is 13.5. The number of ether oxygens (including phenoxy) is 1. The zero-order valence-corrected chi connectivity index (χ0v) is 24.0. The van der Waals surface area contributed by atoms with Gasteiger partial charge in [0, 0.05) is 44.5 Å². The predicted octanol–water partition coefficient (Wildman–Crippen LogP) is 1.85. The van der Waals surface area contributed by atoms with Gasteiger partial charge in [0.15, 0.2) is 11.4 Å². The van der Waals surface area contributed by atoms with Crippen LogP contribution in [0.1, 0.15) is 44.2 Å². The molecule has 3 aliphatic carbocycles. The fourth-order valence-corrected chi connectivity index (χ4v) is 6.04. The standard InChI is InChI=1S/C23H27N3O7.C6H14O/c1-25(2)12-5-6-13(27)15-10(12)7-9-8-11-17(26(3)4)19(29)16(22(24)32)21(31)23(11,33)20(30)14(9)18(15)28;1-3-5-7-6-4-2/h5-6,9,11,17,27-28,31,33H,7-8H2,1-4H3,(H2,24,32);3-6H2,1-2H3/t9-,11-,17-,23-;/m0./s1. The van der Waals surface area contributed by atoms with Gasteiger partial charge in [0.1, 0.15) is 22.8 Å². The topological polar surface area (TPSA) is 174 Å². The molecule has 1 fully saturated rings. The summed E-state index contributed by atoms with van der Waals surface area (Å²) in [5, 5.41) is 43.9. The number of amides is 1. The van der Waals surface area contributed by atoms with Gasteiger partial charge in [-0.1, -0.05) is 13.8 Å². The van der Waals surface area contributed by atoms with Gasteiger partial charge < -0.3 is 35.8 Å². The van der Waals surface area contributed by atoms with Crippen LogP contribution in [0.4, 0.5) is 5.69 Å². The lowest BCUT2D eigenvalue weighted by molar-refractivity contribution is -0.153. The summed E-state index contributed by atoms with van der Waals surface area (Å²) in [7, 11) is 6.75. The van der Waals surface area contributed by atoms with Crippen LogP contribution < -0.4 is 10.6 Å². The van der Waals surface area contributed by atoms with Gasteiger partial charge in [0.25, 0.3) is 5.91 Å². The van der Waals surface area contributed by atoms with Crippen LogP contribution in [0.5, 0.6) is 5.75 Å². The number of Topliss-reactive ketones (excluding diaryl/α,β-unsaturated/α-hetero) is 2. The number of aliphatic hydroxyl groups is 3.